The number of urea groups is 1. The van der Waals surface area contributed by atoms with Gasteiger partial charge in [0.15, 0.2) is 0 Å². The maximum atomic E-state index is 12.5. The number of hydrogen-bond acceptors (Lipinski definition) is 2. The molecule has 0 atom stereocenters. The summed E-state index contributed by atoms with van der Waals surface area (Å²) in [4.78, 5) is 19.1. The summed E-state index contributed by atoms with van der Waals surface area (Å²) >= 11 is 0. The number of carbonyl (C=O) groups excluding carboxylic acids is 1. The second kappa shape index (κ2) is 7.14. The molecule has 1 aromatic heterocycles. The average Bonchev–Trinajstić information content (AvgIpc) is 3.43. The molecular formula is C21H28N4O. The third kappa shape index (κ3) is 3.62. The Morgan fingerprint density at radius 2 is 1.81 bits per heavy atom. The first-order chi connectivity index (χ1) is 12.6. The summed E-state index contributed by atoms with van der Waals surface area (Å²) in [6.45, 7) is 6.44. The molecule has 5 heteroatoms. The predicted molar refractivity (Wildman–Crippen MR) is 102 cm³/mol. The molecule has 1 saturated heterocycles. The van der Waals surface area contributed by atoms with Crippen molar-refractivity contribution in [1.29, 1.82) is 0 Å². The first-order valence-corrected chi connectivity index (χ1v) is 9.74. The van der Waals surface area contributed by atoms with Gasteiger partial charge in [-0.25, -0.2) is 9.78 Å². The van der Waals surface area contributed by atoms with E-state index < -0.39 is 0 Å². The summed E-state index contributed by atoms with van der Waals surface area (Å²) < 4.78 is 2.44. The quantitative estimate of drug-likeness (QED) is 0.906. The maximum Gasteiger partial charge on any atom is 0.317 e. The zero-order valence-electron chi connectivity index (χ0n) is 15.7. The van der Waals surface area contributed by atoms with E-state index in [0.29, 0.717) is 18.5 Å². The standard InChI is InChI=1S/C21H28N4O/c1-15-3-5-17(6-4-15)14-23-21(26)24-11-9-19(10-12-24)25-16(2)13-22-20(25)18-7-8-18/h3-6,13,18-19H,7-12,14H2,1-2H3,(H,23,26). The van der Waals surface area contributed by atoms with Gasteiger partial charge in [0, 0.05) is 43.5 Å². The van der Waals surface area contributed by atoms with Crippen molar-refractivity contribution in [2.24, 2.45) is 0 Å². The van der Waals surface area contributed by atoms with Crippen LogP contribution < -0.4 is 5.32 Å². The molecule has 2 heterocycles. The minimum Gasteiger partial charge on any atom is -0.334 e. The molecule has 4 rings (SSSR count). The fraction of sp³-hybridized carbons (Fsp3) is 0.524. The van der Waals surface area contributed by atoms with Crippen molar-refractivity contribution in [2.45, 2.75) is 58.0 Å². The fourth-order valence-electron chi connectivity index (χ4n) is 3.91. The molecule has 5 nitrogen and oxygen atoms in total. The molecule has 1 aliphatic heterocycles. The Morgan fingerprint density at radius 1 is 1.12 bits per heavy atom. The van der Waals surface area contributed by atoms with Crippen LogP contribution in [0.15, 0.2) is 30.5 Å². The van der Waals surface area contributed by atoms with Crippen LogP contribution in [-0.4, -0.2) is 33.6 Å². The molecule has 1 aromatic carbocycles. The Kier molecular flexibility index (Phi) is 4.70. The third-order valence-corrected chi connectivity index (χ3v) is 5.63. The van der Waals surface area contributed by atoms with E-state index in [-0.39, 0.29) is 6.03 Å². The Balaban J connectivity index is 1.31. The van der Waals surface area contributed by atoms with Gasteiger partial charge in [-0.2, -0.15) is 0 Å². The number of carbonyl (C=O) groups is 1. The van der Waals surface area contributed by atoms with Gasteiger partial charge in [-0.05, 0) is 45.1 Å². The Bertz CT molecular complexity index is 768. The van der Waals surface area contributed by atoms with Crippen LogP contribution in [0.5, 0.6) is 0 Å². The van der Waals surface area contributed by atoms with Crippen LogP contribution in [0.1, 0.15) is 60.3 Å². The van der Waals surface area contributed by atoms with E-state index in [1.165, 1.54) is 29.9 Å². The van der Waals surface area contributed by atoms with Crippen LogP contribution in [-0.2, 0) is 6.54 Å². The zero-order chi connectivity index (χ0) is 18.1. The van der Waals surface area contributed by atoms with E-state index in [2.05, 4.69) is 53.0 Å². The van der Waals surface area contributed by atoms with Crippen LogP contribution in [0.25, 0.3) is 0 Å². The highest BCUT2D eigenvalue weighted by molar-refractivity contribution is 5.74. The number of piperidine rings is 1. The molecular weight excluding hydrogens is 324 g/mol. The predicted octanol–water partition coefficient (Wildman–Crippen LogP) is 3.92. The van der Waals surface area contributed by atoms with Gasteiger partial charge in [-0.15, -0.1) is 0 Å². The molecule has 2 fully saturated rings. The van der Waals surface area contributed by atoms with Crippen molar-refractivity contribution in [3.05, 3.63) is 53.1 Å². The van der Waals surface area contributed by atoms with Crippen LogP contribution in [0.4, 0.5) is 4.79 Å². The van der Waals surface area contributed by atoms with Crippen molar-refractivity contribution in [3.63, 3.8) is 0 Å². The van der Waals surface area contributed by atoms with Gasteiger partial charge in [0.1, 0.15) is 5.82 Å². The van der Waals surface area contributed by atoms with Gasteiger partial charge in [-0.3, -0.25) is 0 Å². The number of benzene rings is 1. The number of rotatable bonds is 4. The Morgan fingerprint density at radius 3 is 2.46 bits per heavy atom. The maximum absolute atomic E-state index is 12.5. The van der Waals surface area contributed by atoms with Crippen LogP contribution in [0.2, 0.25) is 0 Å². The van der Waals surface area contributed by atoms with E-state index in [4.69, 9.17) is 0 Å². The van der Waals surface area contributed by atoms with Crippen LogP contribution >= 0.6 is 0 Å². The summed E-state index contributed by atoms with van der Waals surface area (Å²) in [6.07, 6.45) is 6.57. The molecule has 0 spiro atoms. The Labute approximate surface area is 155 Å². The Hall–Kier alpha value is -2.30. The SMILES string of the molecule is Cc1ccc(CNC(=O)N2CCC(n3c(C)cnc3C3CC3)CC2)cc1. The second-order valence-corrected chi connectivity index (χ2v) is 7.76. The molecule has 2 amide bonds. The van der Waals surface area contributed by atoms with E-state index >= 15 is 0 Å². The number of aryl methyl sites for hydroxylation is 2. The molecule has 1 saturated carbocycles. The molecule has 0 unspecified atom stereocenters. The number of nitrogens with zero attached hydrogens (tertiary/aromatic N) is 3. The third-order valence-electron chi connectivity index (χ3n) is 5.63. The molecule has 2 aliphatic rings. The van der Waals surface area contributed by atoms with Crippen LogP contribution in [0.3, 0.4) is 0 Å². The number of nitrogens with one attached hydrogen (secondary N) is 1. The fourth-order valence-corrected chi connectivity index (χ4v) is 3.91. The second-order valence-electron chi connectivity index (χ2n) is 7.76. The van der Waals surface area contributed by atoms with Gasteiger partial charge in [-0.1, -0.05) is 29.8 Å². The van der Waals surface area contributed by atoms with E-state index in [9.17, 15) is 4.79 Å². The summed E-state index contributed by atoms with van der Waals surface area (Å²) in [6, 6.07) is 8.84. The lowest BCUT2D eigenvalue weighted by atomic mass is 10.0. The highest BCUT2D eigenvalue weighted by Gasteiger charge is 2.32. The minimum absolute atomic E-state index is 0.0498. The van der Waals surface area contributed by atoms with Gasteiger partial charge in [0.2, 0.25) is 0 Å². The van der Waals surface area contributed by atoms with Crippen molar-refractivity contribution >= 4 is 6.03 Å². The average molecular weight is 352 g/mol. The molecule has 138 valence electrons. The monoisotopic (exact) mass is 352 g/mol. The highest BCUT2D eigenvalue weighted by atomic mass is 16.2. The number of aromatic nitrogens is 2. The summed E-state index contributed by atoms with van der Waals surface area (Å²) in [5.74, 6) is 1.93. The number of imidazole rings is 1. The molecule has 2 aromatic rings. The number of likely N-dealkylation sites (tertiary alicyclic amines) is 1. The molecule has 1 N–H and O–H groups in total. The topological polar surface area (TPSA) is 50.2 Å². The molecule has 26 heavy (non-hydrogen) atoms. The summed E-state index contributed by atoms with van der Waals surface area (Å²) in [7, 11) is 0. The minimum atomic E-state index is 0.0498. The van der Waals surface area contributed by atoms with Crippen molar-refractivity contribution in [1.82, 2.24) is 19.8 Å². The number of amides is 2. The highest BCUT2D eigenvalue weighted by Crippen LogP contribution is 2.41. The molecule has 1 aliphatic carbocycles. The summed E-state index contributed by atoms with van der Waals surface area (Å²) in [5, 5.41) is 3.06. The first kappa shape index (κ1) is 17.1. The molecule has 0 bridgehead atoms. The van der Waals surface area contributed by atoms with Gasteiger partial charge in [0.25, 0.3) is 0 Å². The van der Waals surface area contributed by atoms with Gasteiger partial charge >= 0.3 is 6.03 Å². The normalized spacial score (nSPS) is 18.2. The van der Waals surface area contributed by atoms with Crippen LogP contribution in [0, 0.1) is 13.8 Å². The summed E-state index contributed by atoms with van der Waals surface area (Å²) in [5.41, 5.74) is 3.64. The molecule has 0 radical (unpaired) electrons. The smallest absolute Gasteiger partial charge is 0.317 e. The lowest BCUT2D eigenvalue weighted by Crippen LogP contribution is -2.44. The lowest BCUT2D eigenvalue weighted by molar-refractivity contribution is 0.170. The van der Waals surface area contributed by atoms with Crippen molar-refractivity contribution in [3.8, 4) is 0 Å². The van der Waals surface area contributed by atoms with E-state index in [0.717, 1.165) is 31.5 Å². The first-order valence-electron chi connectivity index (χ1n) is 9.74. The van der Waals surface area contributed by atoms with Gasteiger partial charge < -0.3 is 14.8 Å². The zero-order valence-corrected chi connectivity index (χ0v) is 15.7. The number of hydrogen-bond donors (Lipinski definition) is 1. The van der Waals surface area contributed by atoms with Crippen molar-refractivity contribution < 1.29 is 4.79 Å². The van der Waals surface area contributed by atoms with E-state index in [1.54, 1.807) is 0 Å². The lowest BCUT2D eigenvalue weighted by Gasteiger charge is -2.34. The van der Waals surface area contributed by atoms with Crippen molar-refractivity contribution in [2.75, 3.05) is 13.1 Å². The van der Waals surface area contributed by atoms with E-state index in [1.807, 2.05) is 11.1 Å². The van der Waals surface area contributed by atoms with Gasteiger partial charge in [0.05, 0.1) is 0 Å². The largest absolute Gasteiger partial charge is 0.334 e.